The molecule has 0 aliphatic rings. The third-order valence-electron chi connectivity index (χ3n) is 3.05. The molecule has 2 aromatic carbocycles. The van der Waals surface area contributed by atoms with Crippen molar-refractivity contribution >= 4 is 33.7 Å². The first-order valence-electron chi connectivity index (χ1n) is 6.07. The van der Waals surface area contributed by atoms with Crippen molar-refractivity contribution in [1.29, 1.82) is 5.26 Å². The van der Waals surface area contributed by atoms with Crippen molar-refractivity contribution in [3.63, 3.8) is 0 Å². The quantitative estimate of drug-likeness (QED) is 0.751. The van der Waals surface area contributed by atoms with Crippen molar-refractivity contribution in [2.45, 2.75) is 0 Å². The zero-order valence-electron chi connectivity index (χ0n) is 10.5. The molecule has 0 fully saturated rings. The predicted octanol–water partition coefficient (Wildman–Crippen LogP) is 4.50. The summed E-state index contributed by atoms with van der Waals surface area (Å²) in [6.07, 6.45) is 3.56. The van der Waals surface area contributed by atoms with E-state index in [9.17, 15) is 0 Å². The average molecular weight is 280 g/mol. The summed E-state index contributed by atoms with van der Waals surface area (Å²) in [4.78, 5) is 4.11. The molecule has 0 saturated heterocycles. The zero-order chi connectivity index (χ0) is 13.9. The number of rotatable bonds is 2. The van der Waals surface area contributed by atoms with Crippen molar-refractivity contribution in [3.8, 4) is 6.07 Å². The van der Waals surface area contributed by atoms with Gasteiger partial charge in [-0.05, 0) is 30.3 Å². The van der Waals surface area contributed by atoms with Crippen LogP contribution in [0.1, 0.15) is 5.56 Å². The Labute approximate surface area is 121 Å². The smallest absolute Gasteiger partial charge is 0.101 e. The largest absolute Gasteiger partial charge is 0.354 e. The lowest BCUT2D eigenvalue weighted by molar-refractivity contribution is 1.36. The number of aromatic nitrogens is 1. The molecular formula is C16H10ClN3. The Balaban J connectivity index is 2.10. The summed E-state index contributed by atoms with van der Waals surface area (Å²) in [6, 6.07) is 15.2. The van der Waals surface area contributed by atoms with Gasteiger partial charge in [0, 0.05) is 33.9 Å². The van der Waals surface area contributed by atoms with Crippen molar-refractivity contribution < 1.29 is 0 Å². The van der Waals surface area contributed by atoms with Gasteiger partial charge in [-0.15, -0.1) is 0 Å². The van der Waals surface area contributed by atoms with Crippen molar-refractivity contribution in [2.75, 3.05) is 5.32 Å². The molecule has 0 saturated carbocycles. The topological polar surface area (TPSA) is 48.7 Å². The fourth-order valence-corrected chi connectivity index (χ4v) is 2.27. The van der Waals surface area contributed by atoms with Gasteiger partial charge < -0.3 is 5.32 Å². The minimum Gasteiger partial charge on any atom is -0.354 e. The molecule has 20 heavy (non-hydrogen) atoms. The van der Waals surface area contributed by atoms with E-state index in [0.717, 1.165) is 16.5 Å². The highest BCUT2D eigenvalue weighted by molar-refractivity contribution is 6.31. The van der Waals surface area contributed by atoms with Gasteiger partial charge >= 0.3 is 0 Å². The number of halogens is 1. The molecule has 0 atom stereocenters. The fourth-order valence-electron chi connectivity index (χ4n) is 2.09. The lowest BCUT2D eigenvalue weighted by atomic mass is 10.1. The summed E-state index contributed by atoms with van der Waals surface area (Å²) in [5, 5.41) is 15.1. The molecule has 3 rings (SSSR count). The molecule has 0 amide bonds. The molecule has 4 heteroatoms. The molecule has 0 bridgehead atoms. The van der Waals surface area contributed by atoms with Gasteiger partial charge in [-0.1, -0.05) is 23.7 Å². The number of nitrogens with one attached hydrogen (secondary N) is 1. The van der Waals surface area contributed by atoms with Crippen LogP contribution in [-0.4, -0.2) is 4.98 Å². The Kier molecular flexibility index (Phi) is 3.24. The summed E-state index contributed by atoms with van der Waals surface area (Å²) in [5.41, 5.74) is 2.17. The van der Waals surface area contributed by atoms with Crippen LogP contribution in [0.25, 0.3) is 10.8 Å². The van der Waals surface area contributed by atoms with Crippen LogP contribution in [0.5, 0.6) is 0 Å². The monoisotopic (exact) mass is 279 g/mol. The van der Waals surface area contributed by atoms with Crippen LogP contribution in [0.4, 0.5) is 11.4 Å². The molecule has 0 aliphatic heterocycles. The van der Waals surface area contributed by atoms with Gasteiger partial charge in [0.15, 0.2) is 0 Å². The number of anilines is 2. The van der Waals surface area contributed by atoms with Crippen LogP contribution < -0.4 is 5.32 Å². The number of nitrogens with zero attached hydrogens (tertiary/aromatic N) is 2. The fraction of sp³-hybridized carbons (Fsp3) is 0. The van der Waals surface area contributed by atoms with Crippen molar-refractivity contribution in [2.24, 2.45) is 0 Å². The summed E-state index contributed by atoms with van der Waals surface area (Å²) in [7, 11) is 0. The first-order valence-corrected chi connectivity index (χ1v) is 6.45. The minimum atomic E-state index is 0.556. The minimum absolute atomic E-state index is 0.556. The highest BCUT2D eigenvalue weighted by Gasteiger charge is 2.06. The van der Waals surface area contributed by atoms with E-state index >= 15 is 0 Å². The molecule has 3 aromatic rings. The second-order valence-electron chi connectivity index (χ2n) is 4.33. The van der Waals surface area contributed by atoms with Crippen LogP contribution in [0.3, 0.4) is 0 Å². The van der Waals surface area contributed by atoms with E-state index in [0.29, 0.717) is 16.3 Å². The Bertz CT molecular complexity index is 816. The standard InChI is InChI=1S/C16H10ClN3/c17-13-5-4-11(9-18)16(8-13)20-15-3-1-2-12-10-19-7-6-14(12)15/h1-8,10,20H. The zero-order valence-corrected chi connectivity index (χ0v) is 11.2. The van der Waals surface area contributed by atoms with Crippen LogP contribution in [0, 0.1) is 11.3 Å². The Morgan fingerprint density at radius 1 is 1.10 bits per heavy atom. The normalized spacial score (nSPS) is 10.2. The number of benzene rings is 2. The van der Waals surface area contributed by atoms with Gasteiger partial charge in [-0.25, -0.2) is 0 Å². The number of pyridine rings is 1. The maximum absolute atomic E-state index is 9.16. The van der Waals surface area contributed by atoms with E-state index in [1.165, 1.54) is 0 Å². The van der Waals surface area contributed by atoms with Gasteiger partial charge in [0.25, 0.3) is 0 Å². The highest BCUT2D eigenvalue weighted by atomic mass is 35.5. The molecule has 0 aliphatic carbocycles. The maximum Gasteiger partial charge on any atom is 0.101 e. The van der Waals surface area contributed by atoms with E-state index in [2.05, 4.69) is 16.4 Å². The van der Waals surface area contributed by atoms with Crippen LogP contribution in [-0.2, 0) is 0 Å². The molecule has 1 aromatic heterocycles. The molecule has 1 heterocycles. The van der Waals surface area contributed by atoms with E-state index in [4.69, 9.17) is 16.9 Å². The molecule has 0 unspecified atom stereocenters. The second-order valence-corrected chi connectivity index (χ2v) is 4.77. The second kappa shape index (κ2) is 5.20. The summed E-state index contributed by atoms with van der Waals surface area (Å²) < 4.78 is 0. The molecule has 1 N–H and O–H groups in total. The Morgan fingerprint density at radius 2 is 2.00 bits per heavy atom. The van der Waals surface area contributed by atoms with E-state index < -0.39 is 0 Å². The summed E-state index contributed by atoms with van der Waals surface area (Å²) >= 11 is 6.00. The third kappa shape index (κ3) is 2.29. The number of fused-ring (bicyclic) bond motifs is 1. The predicted molar refractivity (Wildman–Crippen MR) is 81.2 cm³/mol. The van der Waals surface area contributed by atoms with Crippen LogP contribution in [0.15, 0.2) is 54.9 Å². The molecular weight excluding hydrogens is 270 g/mol. The summed E-state index contributed by atoms with van der Waals surface area (Å²) in [6.45, 7) is 0. The van der Waals surface area contributed by atoms with Crippen molar-refractivity contribution in [1.82, 2.24) is 4.98 Å². The molecule has 0 radical (unpaired) electrons. The van der Waals surface area contributed by atoms with E-state index in [1.54, 1.807) is 24.4 Å². The van der Waals surface area contributed by atoms with Gasteiger partial charge in [0.1, 0.15) is 6.07 Å². The maximum atomic E-state index is 9.16. The average Bonchev–Trinajstić information content (AvgIpc) is 2.48. The summed E-state index contributed by atoms with van der Waals surface area (Å²) in [5.74, 6) is 0. The first-order chi connectivity index (χ1) is 9.78. The number of hydrogen-bond acceptors (Lipinski definition) is 3. The highest BCUT2D eigenvalue weighted by Crippen LogP contribution is 2.28. The van der Waals surface area contributed by atoms with Crippen LogP contribution >= 0.6 is 11.6 Å². The van der Waals surface area contributed by atoms with Gasteiger partial charge in [-0.3, -0.25) is 4.98 Å². The number of nitriles is 1. The third-order valence-corrected chi connectivity index (χ3v) is 3.29. The lowest BCUT2D eigenvalue weighted by Crippen LogP contribution is -1.94. The van der Waals surface area contributed by atoms with E-state index in [1.807, 2.05) is 30.5 Å². The molecule has 0 spiro atoms. The first kappa shape index (κ1) is 12.5. The van der Waals surface area contributed by atoms with Gasteiger partial charge in [-0.2, -0.15) is 5.26 Å². The van der Waals surface area contributed by atoms with Gasteiger partial charge in [0.2, 0.25) is 0 Å². The molecule has 96 valence electrons. The Morgan fingerprint density at radius 3 is 2.85 bits per heavy atom. The van der Waals surface area contributed by atoms with Gasteiger partial charge in [0.05, 0.1) is 11.3 Å². The number of hydrogen-bond donors (Lipinski definition) is 1. The lowest BCUT2D eigenvalue weighted by Gasteiger charge is -2.11. The SMILES string of the molecule is N#Cc1ccc(Cl)cc1Nc1cccc2cnccc12. The molecule has 3 nitrogen and oxygen atoms in total. The van der Waals surface area contributed by atoms with E-state index in [-0.39, 0.29) is 0 Å². The van der Waals surface area contributed by atoms with Crippen LogP contribution in [0.2, 0.25) is 5.02 Å². The van der Waals surface area contributed by atoms with Crippen molar-refractivity contribution in [3.05, 3.63) is 65.4 Å². The Hall–Kier alpha value is -2.57.